The van der Waals surface area contributed by atoms with Crippen LogP contribution in [0.1, 0.15) is 46.1 Å². The Morgan fingerprint density at radius 3 is 1.41 bits per heavy atom. The number of furan rings is 1. The van der Waals surface area contributed by atoms with Gasteiger partial charge in [-0.1, -0.05) is 60.7 Å². The van der Waals surface area contributed by atoms with Crippen molar-refractivity contribution < 1.29 is 14.0 Å². The van der Waals surface area contributed by atoms with Crippen LogP contribution in [0.3, 0.4) is 0 Å². The largest absolute Gasteiger partial charge is 0.446 e. The molecule has 0 saturated carbocycles. The highest BCUT2D eigenvalue weighted by Gasteiger charge is 2.15. The van der Waals surface area contributed by atoms with Crippen LogP contribution in [-0.2, 0) is 0 Å². The van der Waals surface area contributed by atoms with Gasteiger partial charge in [-0.15, -0.1) is 0 Å². The summed E-state index contributed by atoms with van der Waals surface area (Å²) in [4.78, 5) is 24.4. The lowest BCUT2D eigenvalue weighted by Gasteiger charge is -2.02. The first-order valence-corrected chi connectivity index (χ1v) is 8.94. The average molecular weight is 388 g/mol. The van der Waals surface area contributed by atoms with Gasteiger partial charge >= 0.3 is 11.8 Å². The van der Waals surface area contributed by atoms with Gasteiger partial charge < -0.3 is 4.42 Å². The lowest BCUT2D eigenvalue weighted by Crippen LogP contribution is -2.20. The van der Waals surface area contributed by atoms with Gasteiger partial charge in [-0.05, 0) is 37.1 Å². The van der Waals surface area contributed by atoms with Crippen LogP contribution in [0.15, 0.2) is 87.4 Å². The zero-order valence-electron chi connectivity index (χ0n) is 16.0. The molecule has 3 rings (SSSR count). The second-order valence-corrected chi connectivity index (χ2v) is 6.17. The summed E-state index contributed by atoms with van der Waals surface area (Å²) in [6.07, 6.45) is 0. The van der Waals surface area contributed by atoms with Crippen LogP contribution in [0.2, 0.25) is 0 Å². The molecule has 3 aromatic rings. The number of hydrogen-bond donors (Lipinski definition) is 2. The molecule has 0 unspecified atom stereocenters. The summed E-state index contributed by atoms with van der Waals surface area (Å²) < 4.78 is 5.32. The van der Waals surface area contributed by atoms with E-state index < -0.39 is 11.8 Å². The predicted molar refractivity (Wildman–Crippen MR) is 111 cm³/mol. The van der Waals surface area contributed by atoms with Gasteiger partial charge in [-0.25, -0.2) is 10.9 Å². The van der Waals surface area contributed by atoms with Crippen molar-refractivity contribution >= 4 is 23.2 Å². The third kappa shape index (κ3) is 5.26. The van der Waals surface area contributed by atoms with Gasteiger partial charge in [0.15, 0.2) is 11.5 Å². The van der Waals surface area contributed by atoms with Gasteiger partial charge in [0.2, 0.25) is 0 Å². The van der Waals surface area contributed by atoms with Crippen molar-refractivity contribution in [2.24, 2.45) is 10.2 Å². The van der Waals surface area contributed by atoms with Crippen LogP contribution >= 0.6 is 0 Å². The molecular formula is C22H20N4O3. The van der Waals surface area contributed by atoms with E-state index in [-0.39, 0.29) is 11.5 Å². The molecule has 29 heavy (non-hydrogen) atoms. The second-order valence-electron chi connectivity index (χ2n) is 6.17. The summed E-state index contributed by atoms with van der Waals surface area (Å²) >= 11 is 0. The van der Waals surface area contributed by atoms with Gasteiger partial charge in [0.05, 0.1) is 11.4 Å². The third-order valence-electron chi connectivity index (χ3n) is 4.09. The minimum Gasteiger partial charge on any atom is -0.446 e. The first-order valence-electron chi connectivity index (χ1n) is 8.94. The maximum Gasteiger partial charge on any atom is 0.307 e. The van der Waals surface area contributed by atoms with Crippen molar-refractivity contribution in [3.63, 3.8) is 0 Å². The van der Waals surface area contributed by atoms with E-state index >= 15 is 0 Å². The molecule has 1 heterocycles. The first kappa shape index (κ1) is 19.8. The molecule has 0 saturated heterocycles. The highest BCUT2D eigenvalue weighted by atomic mass is 16.4. The van der Waals surface area contributed by atoms with Crippen molar-refractivity contribution in [3.8, 4) is 0 Å². The van der Waals surface area contributed by atoms with E-state index in [4.69, 9.17) is 4.42 Å². The van der Waals surface area contributed by atoms with Crippen molar-refractivity contribution in [2.75, 3.05) is 0 Å². The van der Waals surface area contributed by atoms with Crippen LogP contribution < -0.4 is 10.9 Å². The van der Waals surface area contributed by atoms with E-state index in [1.165, 1.54) is 12.1 Å². The average Bonchev–Trinajstić information content (AvgIpc) is 3.27. The highest BCUT2D eigenvalue weighted by Crippen LogP contribution is 2.09. The van der Waals surface area contributed by atoms with Crippen molar-refractivity contribution in [1.29, 1.82) is 0 Å². The Morgan fingerprint density at radius 2 is 1.03 bits per heavy atom. The summed E-state index contributed by atoms with van der Waals surface area (Å²) in [5.41, 5.74) is 7.91. The Balaban J connectivity index is 1.61. The number of carbonyl (C=O) groups is 2. The number of benzene rings is 2. The molecule has 0 aliphatic carbocycles. The molecule has 2 N–H and O–H groups in total. The monoisotopic (exact) mass is 388 g/mol. The minimum atomic E-state index is -0.553. The van der Waals surface area contributed by atoms with E-state index in [2.05, 4.69) is 21.1 Å². The summed E-state index contributed by atoms with van der Waals surface area (Å²) in [5.74, 6) is -1.15. The van der Waals surface area contributed by atoms with Crippen molar-refractivity contribution in [3.05, 3.63) is 95.4 Å². The fourth-order valence-electron chi connectivity index (χ4n) is 2.45. The van der Waals surface area contributed by atoms with Crippen molar-refractivity contribution in [1.82, 2.24) is 10.9 Å². The maximum absolute atomic E-state index is 12.2. The lowest BCUT2D eigenvalue weighted by atomic mass is 10.1. The minimum absolute atomic E-state index is 0.0245. The first-order chi connectivity index (χ1) is 14.0. The molecule has 7 nitrogen and oxygen atoms in total. The van der Waals surface area contributed by atoms with Gasteiger partial charge in [-0.2, -0.15) is 10.2 Å². The number of hydrogen-bond acceptors (Lipinski definition) is 5. The lowest BCUT2D eigenvalue weighted by molar-refractivity contribution is 0.0902. The highest BCUT2D eigenvalue weighted by molar-refractivity contribution is 6.01. The molecule has 0 aliphatic heterocycles. The van der Waals surface area contributed by atoms with Crippen molar-refractivity contribution in [2.45, 2.75) is 13.8 Å². The van der Waals surface area contributed by atoms with Gasteiger partial charge in [0, 0.05) is 0 Å². The summed E-state index contributed by atoms with van der Waals surface area (Å²) in [7, 11) is 0. The smallest absolute Gasteiger partial charge is 0.307 e. The SMILES string of the molecule is C/C(=N\NC(=O)c1ccc(C(=O)N/N=C(\C)c2ccccc2)o1)c1ccccc1. The van der Waals surface area contributed by atoms with Crippen LogP contribution in [0, 0.1) is 0 Å². The molecule has 2 amide bonds. The van der Waals surface area contributed by atoms with Gasteiger partial charge in [0.1, 0.15) is 0 Å². The Bertz CT molecular complexity index is 970. The fourth-order valence-corrected chi connectivity index (χ4v) is 2.45. The standard InChI is InChI=1S/C22H20N4O3/c1-15(17-9-5-3-6-10-17)23-25-21(27)19-13-14-20(29-19)22(28)26-24-16(2)18-11-7-4-8-12-18/h3-14H,1-2H3,(H,25,27)(H,26,28)/b23-15+,24-16+. The summed E-state index contributed by atoms with van der Waals surface area (Å²) in [6.45, 7) is 3.56. The number of carbonyl (C=O) groups excluding carboxylic acids is 2. The molecule has 0 atom stereocenters. The van der Waals surface area contributed by atoms with E-state index in [1.807, 2.05) is 60.7 Å². The Labute approximate surface area is 168 Å². The van der Waals surface area contributed by atoms with E-state index in [0.717, 1.165) is 11.1 Å². The van der Waals surface area contributed by atoms with Gasteiger partial charge in [-0.3, -0.25) is 9.59 Å². The number of nitrogens with one attached hydrogen (secondary N) is 2. The number of rotatable bonds is 6. The molecular weight excluding hydrogens is 368 g/mol. The zero-order chi connectivity index (χ0) is 20.6. The van der Waals surface area contributed by atoms with E-state index in [1.54, 1.807) is 13.8 Å². The summed E-state index contributed by atoms with van der Waals surface area (Å²) in [5, 5.41) is 8.11. The third-order valence-corrected chi connectivity index (χ3v) is 4.09. The maximum atomic E-state index is 12.2. The van der Waals surface area contributed by atoms with E-state index in [9.17, 15) is 9.59 Å². The Morgan fingerprint density at radius 1 is 0.655 bits per heavy atom. The van der Waals surface area contributed by atoms with Gasteiger partial charge in [0.25, 0.3) is 0 Å². The molecule has 0 bridgehead atoms. The fraction of sp³-hybridized carbons (Fsp3) is 0.0909. The zero-order valence-corrected chi connectivity index (χ0v) is 16.0. The molecule has 7 heteroatoms. The predicted octanol–water partition coefficient (Wildman–Crippen LogP) is 3.59. The topological polar surface area (TPSA) is 96.1 Å². The molecule has 2 aromatic carbocycles. The van der Waals surface area contributed by atoms with E-state index in [0.29, 0.717) is 11.4 Å². The molecule has 1 aromatic heterocycles. The van der Waals surface area contributed by atoms with Crippen LogP contribution in [-0.4, -0.2) is 23.2 Å². The van der Waals surface area contributed by atoms with Crippen LogP contribution in [0.25, 0.3) is 0 Å². The summed E-state index contributed by atoms with van der Waals surface area (Å²) in [6, 6.07) is 21.7. The number of amides is 2. The van der Waals surface area contributed by atoms with Crippen LogP contribution in [0.5, 0.6) is 0 Å². The Kier molecular flexibility index (Phi) is 6.32. The number of nitrogens with zero attached hydrogens (tertiary/aromatic N) is 2. The molecule has 0 radical (unpaired) electrons. The van der Waals surface area contributed by atoms with Crippen LogP contribution in [0.4, 0.5) is 0 Å². The second kappa shape index (κ2) is 9.27. The molecule has 146 valence electrons. The molecule has 0 fully saturated rings. The Hall–Kier alpha value is -4.00. The quantitative estimate of drug-likeness (QED) is 0.499. The molecule has 0 spiro atoms. The molecule has 0 aliphatic rings. The normalized spacial score (nSPS) is 11.8. The number of hydrazone groups is 2.